The van der Waals surface area contributed by atoms with Crippen molar-refractivity contribution in [1.82, 2.24) is 0 Å². The number of halogens is 1. The van der Waals surface area contributed by atoms with Crippen LogP contribution in [0.3, 0.4) is 0 Å². The van der Waals surface area contributed by atoms with E-state index in [9.17, 15) is 0 Å². The third-order valence-corrected chi connectivity index (χ3v) is 1.64. The van der Waals surface area contributed by atoms with E-state index in [-0.39, 0.29) is 12.4 Å². The molecule has 0 aromatic rings. The lowest BCUT2D eigenvalue weighted by molar-refractivity contribution is -0.00000209. The zero-order chi connectivity index (χ0) is 5.91. The molecule has 0 aromatic heterocycles. The zero-order valence-corrected chi connectivity index (χ0v) is 7.13. The predicted octanol–water partition coefficient (Wildman–Crippen LogP) is -1.58. The Kier molecular flexibility index (Phi) is 5.71. The van der Waals surface area contributed by atoms with Crippen molar-refractivity contribution < 1.29 is 12.4 Å². The van der Waals surface area contributed by atoms with Crippen LogP contribution >= 0.6 is 7.26 Å². The average molecular weight is 152 g/mol. The van der Waals surface area contributed by atoms with E-state index in [2.05, 4.69) is 26.1 Å². The second-order valence-electron chi connectivity index (χ2n) is 2.61. The maximum absolute atomic E-state index is 8.18. The molecule has 0 N–H and O–H groups in total. The van der Waals surface area contributed by atoms with Crippen LogP contribution in [0.15, 0.2) is 0 Å². The molecule has 0 heterocycles. The highest BCUT2D eigenvalue weighted by Gasteiger charge is 2.14. The van der Waals surface area contributed by atoms with Crippen molar-refractivity contribution in [1.29, 1.82) is 5.26 Å². The molecule has 1 nitrogen and oxygen atoms in total. The van der Waals surface area contributed by atoms with Gasteiger partial charge in [-0.1, -0.05) is 0 Å². The van der Waals surface area contributed by atoms with Crippen molar-refractivity contribution >= 4 is 7.26 Å². The summed E-state index contributed by atoms with van der Waals surface area (Å²) in [5, 5.41) is 8.18. The van der Waals surface area contributed by atoms with Crippen LogP contribution in [0.5, 0.6) is 0 Å². The normalized spacial score (nSPS) is 9.25. The Hall–Kier alpha value is 0.210. The topological polar surface area (TPSA) is 23.8 Å². The first kappa shape index (κ1) is 11.1. The van der Waals surface area contributed by atoms with E-state index in [1.54, 1.807) is 0 Å². The Bertz CT molecular complexity index is 89.6. The molecule has 48 valence electrons. The van der Waals surface area contributed by atoms with Crippen LogP contribution < -0.4 is 12.4 Å². The number of nitrogens with zero attached hydrogens (tertiary/aromatic N) is 1. The summed E-state index contributed by atoms with van der Waals surface area (Å²) in [5.74, 6) is 0. The van der Waals surface area contributed by atoms with Gasteiger partial charge in [0.2, 0.25) is 0 Å². The van der Waals surface area contributed by atoms with Gasteiger partial charge in [0, 0.05) is 27.3 Å². The molecule has 0 unspecified atom stereocenters. The van der Waals surface area contributed by atoms with Gasteiger partial charge in [-0.15, -0.1) is 0 Å². The highest BCUT2D eigenvalue weighted by atomic mass is 35.5. The standard InChI is InChI=1S/C5H11NP.ClH/c1-7(2,3)5-4-6;/h5H2,1-3H3;1H/q+1;/p-1. The van der Waals surface area contributed by atoms with Gasteiger partial charge in [0.1, 0.15) is 12.2 Å². The molecule has 0 saturated carbocycles. The summed E-state index contributed by atoms with van der Waals surface area (Å²) in [6.45, 7) is 6.49. The first-order chi connectivity index (χ1) is 3.06. The van der Waals surface area contributed by atoms with Crippen LogP contribution in [0.1, 0.15) is 0 Å². The van der Waals surface area contributed by atoms with E-state index < -0.39 is 7.26 Å². The summed E-state index contributed by atoms with van der Waals surface area (Å²) in [6.07, 6.45) is 0.757. The van der Waals surface area contributed by atoms with Crippen molar-refractivity contribution in [3.05, 3.63) is 0 Å². The van der Waals surface area contributed by atoms with Gasteiger partial charge in [-0.2, -0.15) is 5.26 Å². The summed E-state index contributed by atoms with van der Waals surface area (Å²) < 4.78 is 0. The molecular formula is C5H11ClNP. The first-order valence-corrected chi connectivity index (χ1v) is 5.55. The Morgan fingerprint density at radius 2 is 1.75 bits per heavy atom. The number of rotatable bonds is 1. The van der Waals surface area contributed by atoms with Crippen molar-refractivity contribution in [2.75, 3.05) is 26.2 Å². The third-order valence-electron chi connectivity index (χ3n) is 0.545. The van der Waals surface area contributed by atoms with Crippen LogP contribution in [0.4, 0.5) is 0 Å². The fraction of sp³-hybridized carbons (Fsp3) is 0.800. The van der Waals surface area contributed by atoms with Crippen LogP contribution in [0, 0.1) is 11.3 Å². The van der Waals surface area contributed by atoms with E-state index >= 15 is 0 Å². The van der Waals surface area contributed by atoms with E-state index in [1.807, 2.05) is 0 Å². The summed E-state index contributed by atoms with van der Waals surface area (Å²) in [4.78, 5) is 0. The van der Waals surface area contributed by atoms with Crippen LogP contribution in [0.25, 0.3) is 0 Å². The molecule has 0 spiro atoms. The largest absolute Gasteiger partial charge is 1.00 e. The Balaban J connectivity index is 0. The fourth-order valence-electron chi connectivity index (χ4n) is 0.212. The molecule has 0 aliphatic rings. The minimum Gasteiger partial charge on any atom is -1.00 e. The minimum absolute atomic E-state index is 0. The molecule has 0 aromatic carbocycles. The van der Waals surface area contributed by atoms with Crippen molar-refractivity contribution in [3.63, 3.8) is 0 Å². The summed E-state index contributed by atoms with van der Waals surface area (Å²) in [5.41, 5.74) is 0. The van der Waals surface area contributed by atoms with Gasteiger partial charge in [0.25, 0.3) is 0 Å². The molecule has 0 saturated heterocycles. The predicted molar refractivity (Wildman–Crippen MR) is 35.2 cm³/mol. The summed E-state index contributed by atoms with van der Waals surface area (Å²) in [6, 6.07) is 2.16. The lowest BCUT2D eigenvalue weighted by atomic mass is 10.9. The maximum atomic E-state index is 8.18. The zero-order valence-electron chi connectivity index (χ0n) is 5.48. The van der Waals surface area contributed by atoms with Crippen LogP contribution in [0.2, 0.25) is 0 Å². The third kappa shape index (κ3) is 9.51. The summed E-state index contributed by atoms with van der Waals surface area (Å²) in [7, 11) is -0.777. The van der Waals surface area contributed by atoms with Crippen molar-refractivity contribution in [2.24, 2.45) is 0 Å². The van der Waals surface area contributed by atoms with Crippen LogP contribution in [-0.4, -0.2) is 26.2 Å². The van der Waals surface area contributed by atoms with Gasteiger partial charge in [-0.05, 0) is 0 Å². The smallest absolute Gasteiger partial charge is 0.144 e. The first-order valence-electron chi connectivity index (χ1n) is 2.24. The molecule has 8 heavy (non-hydrogen) atoms. The lowest BCUT2D eigenvalue weighted by Gasteiger charge is -2.03. The second kappa shape index (κ2) is 4.13. The number of hydrogen-bond acceptors (Lipinski definition) is 1. The van der Waals surface area contributed by atoms with Crippen molar-refractivity contribution in [3.8, 4) is 6.07 Å². The molecule has 0 atom stereocenters. The Morgan fingerprint density at radius 1 is 1.38 bits per heavy atom. The lowest BCUT2D eigenvalue weighted by Crippen LogP contribution is -3.00. The SMILES string of the molecule is C[P+](C)(C)CC#N.[Cl-]. The Morgan fingerprint density at radius 3 is 1.75 bits per heavy atom. The molecule has 0 aliphatic heterocycles. The minimum atomic E-state index is -0.777. The molecule has 0 amide bonds. The maximum Gasteiger partial charge on any atom is 0.144 e. The quantitative estimate of drug-likeness (QED) is 0.415. The average Bonchev–Trinajstić information content (AvgIpc) is 1.30. The van der Waals surface area contributed by atoms with Gasteiger partial charge >= 0.3 is 0 Å². The van der Waals surface area contributed by atoms with Gasteiger partial charge < -0.3 is 12.4 Å². The molecule has 0 aliphatic carbocycles. The molecule has 0 rings (SSSR count). The van der Waals surface area contributed by atoms with Crippen molar-refractivity contribution in [2.45, 2.75) is 0 Å². The number of nitriles is 1. The Labute approximate surface area is 57.8 Å². The van der Waals surface area contributed by atoms with Gasteiger partial charge in [0.05, 0.1) is 0 Å². The van der Waals surface area contributed by atoms with Crippen LogP contribution in [-0.2, 0) is 0 Å². The van der Waals surface area contributed by atoms with E-state index in [1.165, 1.54) is 0 Å². The number of hydrogen-bond donors (Lipinski definition) is 0. The monoisotopic (exact) mass is 151 g/mol. The molecule has 0 bridgehead atoms. The molecule has 0 radical (unpaired) electrons. The van der Waals surface area contributed by atoms with Gasteiger partial charge in [-0.3, -0.25) is 0 Å². The highest BCUT2D eigenvalue weighted by Crippen LogP contribution is 2.45. The molecular weight excluding hydrogens is 140 g/mol. The van der Waals surface area contributed by atoms with E-state index in [4.69, 9.17) is 5.26 Å². The molecule has 3 heteroatoms. The van der Waals surface area contributed by atoms with Gasteiger partial charge in [-0.25, -0.2) is 0 Å². The molecule has 0 fully saturated rings. The van der Waals surface area contributed by atoms with E-state index in [0.29, 0.717) is 0 Å². The second-order valence-corrected chi connectivity index (χ2v) is 7.50. The fourth-order valence-corrected chi connectivity index (χ4v) is 0.636. The highest BCUT2D eigenvalue weighted by molar-refractivity contribution is 7.73. The summed E-state index contributed by atoms with van der Waals surface area (Å²) >= 11 is 0. The van der Waals surface area contributed by atoms with E-state index in [0.717, 1.165) is 6.16 Å². The van der Waals surface area contributed by atoms with Gasteiger partial charge in [0.15, 0.2) is 0 Å².